The topological polar surface area (TPSA) is 83.8 Å². The number of amides is 1. The number of carbonyl (C=O) groups excluding carboxylic acids is 1. The Morgan fingerprint density at radius 2 is 2.46 bits per heavy atom. The predicted molar refractivity (Wildman–Crippen MR) is 50.2 cm³/mol. The second kappa shape index (κ2) is 3.93. The molecule has 0 bridgehead atoms. The Morgan fingerprint density at radius 1 is 1.77 bits per heavy atom. The zero-order valence-corrected chi connectivity index (χ0v) is 7.79. The molecule has 1 heterocycles. The van der Waals surface area contributed by atoms with Gasteiger partial charge in [-0.2, -0.15) is 5.10 Å². The number of nitrogens with one attached hydrogen (secondary N) is 2. The molecule has 0 aliphatic rings. The van der Waals surface area contributed by atoms with E-state index in [1.165, 1.54) is 6.20 Å². The monoisotopic (exact) mass is 182 g/mol. The molecule has 5 heteroatoms. The summed E-state index contributed by atoms with van der Waals surface area (Å²) in [6.07, 6.45) is 1.42. The van der Waals surface area contributed by atoms with E-state index in [1.807, 2.05) is 13.8 Å². The van der Waals surface area contributed by atoms with Crippen LogP contribution in [0.5, 0.6) is 0 Å². The van der Waals surface area contributed by atoms with Crippen LogP contribution in [0.1, 0.15) is 24.3 Å². The maximum absolute atomic E-state index is 11.4. The van der Waals surface area contributed by atoms with Gasteiger partial charge in [-0.1, -0.05) is 13.8 Å². The maximum Gasteiger partial charge on any atom is 0.271 e. The molecule has 0 aromatic carbocycles. The van der Waals surface area contributed by atoms with E-state index in [-0.39, 0.29) is 5.91 Å². The first kappa shape index (κ1) is 9.57. The fraction of sp³-hybridized carbons (Fsp3) is 0.500. The molecular formula is C8H14N4O. The molecule has 1 amide bonds. The minimum Gasteiger partial charge on any atom is -0.396 e. The molecule has 72 valence electrons. The number of H-pyrrole nitrogens is 1. The molecule has 0 fully saturated rings. The van der Waals surface area contributed by atoms with Crippen molar-refractivity contribution in [2.75, 3.05) is 12.3 Å². The number of hydrogen-bond acceptors (Lipinski definition) is 3. The van der Waals surface area contributed by atoms with E-state index in [2.05, 4.69) is 15.5 Å². The summed E-state index contributed by atoms with van der Waals surface area (Å²) >= 11 is 0. The Hall–Kier alpha value is -1.52. The lowest BCUT2D eigenvalue weighted by molar-refractivity contribution is 0.0945. The van der Waals surface area contributed by atoms with Crippen LogP contribution >= 0.6 is 0 Å². The Labute approximate surface area is 76.7 Å². The molecule has 1 aromatic heterocycles. The number of nitrogens with two attached hydrogens (primary N) is 1. The number of rotatable bonds is 3. The fourth-order valence-corrected chi connectivity index (χ4v) is 0.863. The van der Waals surface area contributed by atoms with Crippen molar-refractivity contribution in [3.63, 3.8) is 0 Å². The lowest BCUT2D eigenvalue weighted by Gasteiger charge is -2.06. The highest BCUT2D eigenvalue weighted by atomic mass is 16.1. The van der Waals surface area contributed by atoms with Gasteiger partial charge in [-0.05, 0) is 5.92 Å². The Bertz CT molecular complexity index is 292. The van der Waals surface area contributed by atoms with Crippen LogP contribution in [-0.2, 0) is 0 Å². The van der Waals surface area contributed by atoms with E-state index < -0.39 is 0 Å². The van der Waals surface area contributed by atoms with E-state index >= 15 is 0 Å². The van der Waals surface area contributed by atoms with Crippen molar-refractivity contribution in [2.24, 2.45) is 5.92 Å². The minimum absolute atomic E-state index is 0.205. The predicted octanol–water partition coefficient (Wildman–Crippen LogP) is 0.378. The zero-order valence-electron chi connectivity index (χ0n) is 7.79. The fourth-order valence-electron chi connectivity index (χ4n) is 0.863. The van der Waals surface area contributed by atoms with E-state index in [9.17, 15) is 4.79 Å². The molecule has 0 aliphatic heterocycles. The molecule has 0 atom stereocenters. The average molecular weight is 182 g/mol. The first-order chi connectivity index (χ1) is 6.11. The zero-order chi connectivity index (χ0) is 9.84. The molecule has 5 nitrogen and oxygen atoms in total. The number of aromatic amines is 1. The van der Waals surface area contributed by atoms with Crippen LogP contribution in [0.2, 0.25) is 0 Å². The molecule has 4 N–H and O–H groups in total. The van der Waals surface area contributed by atoms with Crippen molar-refractivity contribution in [3.05, 3.63) is 11.9 Å². The first-order valence-corrected chi connectivity index (χ1v) is 4.18. The summed E-state index contributed by atoms with van der Waals surface area (Å²) in [5, 5.41) is 8.94. The molecular weight excluding hydrogens is 168 g/mol. The molecule has 0 spiro atoms. The van der Waals surface area contributed by atoms with Gasteiger partial charge in [0.05, 0.1) is 11.9 Å². The average Bonchev–Trinajstić information content (AvgIpc) is 2.47. The molecule has 13 heavy (non-hydrogen) atoms. The van der Waals surface area contributed by atoms with Gasteiger partial charge >= 0.3 is 0 Å². The van der Waals surface area contributed by atoms with Gasteiger partial charge in [-0.25, -0.2) is 0 Å². The van der Waals surface area contributed by atoms with Gasteiger partial charge in [0.1, 0.15) is 5.69 Å². The molecule has 1 rings (SSSR count). The van der Waals surface area contributed by atoms with Crippen molar-refractivity contribution >= 4 is 11.6 Å². The van der Waals surface area contributed by atoms with Gasteiger partial charge in [0.15, 0.2) is 0 Å². The summed E-state index contributed by atoms with van der Waals surface area (Å²) in [5.74, 6) is 0.219. The molecule has 0 aliphatic carbocycles. The van der Waals surface area contributed by atoms with Crippen LogP contribution in [0.15, 0.2) is 6.20 Å². The van der Waals surface area contributed by atoms with E-state index in [1.54, 1.807) is 0 Å². The van der Waals surface area contributed by atoms with Crippen molar-refractivity contribution < 1.29 is 4.79 Å². The normalized spacial score (nSPS) is 10.4. The first-order valence-electron chi connectivity index (χ1n) is 4.18. The van der Waals surface area contributed by atoms with Gasteiger partial charge in [0, 0.05) is 6.54 Å². The maximum atomic E-state index is 11.4. The largest absolute Gasteiger partial charge is 0.396 e. The van der Waals surface area contributed by atoms with Crippen LogP contribution in [0.3, 0.4) is 0 Å². The quantitative estimate of drug-likeness (QED) is 0.631. The lowest BCUT2D eigenvalue weighted by atomic mass is 10.2. The van der Waals surface area contributed by atoms with Crippen LogP contribution in [0.25, 0.3) is 0 Å². The Balaban J connectivity index is 2.54. The summed E-state index contributed by atoms with van der Waals surface area (Å²) in [6.45, 7) is 4.69. The highest BCUT2D eigenvalue weighted by Gasteiger charge is 2.10. The van der Waals surface area contributed by atoms with Gasteiger partial charge in [-0.3, -0.25) is 9.89 Å². The Kier molecular flexibility index (Phi) is 2.89. The van der Waals surface area contributed by atoms with Crippen LogP contribution in [0, 0.1) is 5.92 Å². The van der Waals surface area contributed by atoms with E-state index in [0.717, 1.165) is 0 Å². The summed E-state index contributed by atoms with van der Waals surface area (Å²) < 4.78 is 0. The smallest absolute Gasteiger partial charge is 0.271 e. The molecule has 0 saturated heterocycles. The summed E-state index contributed by atoms with van der Waals surface area (Å²) in [7, 11) is 0. The summed E-state index contributed by atoms with van der Waals surface area (Å²) in [5.41, 5.74) is 6.20. The number of anilines is 1. The van der Waals surface area contributed by atoms with Crippen LogP contribution < -0.4 is 11.1 Å². The van der Waals surface area contributed by atoms with E-state index in [0.29, 0.717) is 23.8 Å². The van der Waals surface area contributed by atoms with Gasteiger partial charge < -0.3 is 11.1 Å². The summed E-state index contributed by atoms with van der Waals surface area (Å²) in [6, 6.07) is 0. The highest BCUT2D eigenvalue weighted by molar-refractivity contribution is 5.96. The third kappa shape index (κ3) is 2.47. The number of hydrogen-bond donors (Lipinski definition) is 3. The minimum atomic E-state index is -0.205. The molecule has 1 aromatic rings. The second-order valence-electron chi connectivity index (χ2n) is 3.30. The SMILES string of the molecule is CC(C)CNC(=O)c1[nH]ncc1N. The van der Waals surface area contributed by atoms with Crippen molar-refractivity contribution in [1.82, 2.24) is 15.5 Å². The third-order valence-electron chi connectivity index (χ3n) is 1.57. The van der Waals surface area contributed by atoms with Crippen molar-refractivity contribution in [1.29, 1.82) is 0 Å². The number of aromatic nitrogens is 2. The standard InChI is InChI=1S/C8H14N4O/c1-5(2)3-10-8(13)7-6(9)4-11-12-7/h4-5H,3,9H2,1-2H3,(H,10,13)(H,11,12). The second-order valence-corrected chi connectivity index (χ2v) is 3.30. The van der Waals surface area contributed by atoms with Crippen LogP contribution in [-0.4, -0.2) is 22.6 Å². The molecule has 0 unspecified atom stereocenters. The van der Waals surface area contributed by atoms with Crippen molar-refractivity contribution in [3.8, 4) is 0 Å². The van der Waals surface area contributed by atoms with Gasteiger partial charge in [0.25, 0.3) is 5.91 Å². The van der Waals surface area contributed by atoms with Gasteiger partial charge in [-0.15, -0.1) is 0 Å². The Morgan fingerprint density at radius 3 is 2.92 bits per heavy atom. The lowest BCUT2D eigenvalue weighted by Crippen LogP contribution is -2.28. The number of nitrogen functional groups attached to an aromatic ring is 1. The highest BCUT2D eigenvalue weighted by Crippen LogP contribution is 2.05. The third-order valence-corrected chi connectivity index (χ3v) is 1.57. The number of carbonyl (C=O) groups is 1. The molecule has 0 saturated carbocycles. The van der Waals surface area contributed by atoms with Crippen molar-refractivity contribution in [2.45, 2.75) is 13.8 Å². The van der Waals surface area contributed by atoms with Crippen LogP contribution in [0.4, 0.5) is 5.69 Å². The van der Waals surface area contributed by atoms with Gasteiger partial charge in [0.2, 0.25) is 0 Å². The molecule has 0 radical (unpaired) electrons. The number of nitrogens with zero attached hydrogens (tertiary/aromatic N) is 1. The van der Waals surface area contributed by atoms with E-state index in [4.69, 9.17) is 5.73 Å². The summed E-state index contributed by atoms with van der Waals surface area (Å²) in [4.78, 5) is 11.4.